The molecule has 19 heavy (non-hydrogen) atoms. The fourth-order valence-corrected chi connectivity index (χ4v) is 2.42. The quantitative estimate of drug-likeness (QED) is 0.761. The minimum absolute atomic E-state index is 0.0152. The summed E-state index contributed by atoms with van der Waals surface area (Å²) in [5.41, 5.74) is 3.01. The topological polar surface area (TPSA) is 21.6 Å². The van der Waals surface area contributed by atoms with E-state index in [0.29, 0.717) is 5.90 Å². The van der Waals surface area contributed by atoms with Crippen LogP contribution in [0, 0.1) is 0 Å². The van der Waals surface area contributed by atoms with Gasteiger partial charge in [-0.25, -0.2) is 4.99 Å². The van der Waals surface area contributed by atoms with Crippen LogP contribution in [0.3, 0.4) is 0 Å². The summed E-state index contributed by atoms with van der Waals surface area (Å²) in [4.78, 5) is 4.59. The molecular formula is C16H14ClNO. The van der Waals surface area contributed by atoms with Gasteiger partial charge < -0.3 is 4.74 Å². The summed E-state index contributed by atoms with van der Waals surface area (Å²) in [6, 6.07) is 15.7. The van der Waals surface area contributed by atoms with Gasteiger partial charge in [-0.3, -0.25) is 0 Å². The van der Waals surface area contributed by atoms with Gasteiger partial charge in [-0.05, 0) is 36.8 Å². The number of benzene rings is 2. The lowest BCUT2D eigenvalue weighted by atomic mass is 10.0. The summed E-state index contributed by atoms with van der Waals surface area (Å²) in [5.74, 6) is 0.683. The molecule has 0 aromatic heterocycles. The SMILES string of the molecule is CCC1OC(c2ccccc2)=Nc2ccc(Cl)cc21. The molecule has 0 bridgehead atoms. The normalized spacial score (nSPS) is 17.4. The Balaban J connectivity index is 2.08. The largest absolute Gasteiger partial charge is 0.469 e. The van der Waals surface area contributed by atoms with Crippen molar-refractivity contribution in [3.8, 4) is 0 Å². The molecule has 0 saturated heterocycles. The van der Waals surface area contributed by atoms with Crippen LogP contribution < -0.4 is 0 Å². The Kier molecular flexibility index (Phi) is 3.26. The summed E-state index contributed by atoms with van der Waals surface area (Å²) in [6.07, 6.45) is 0.903. The van der Waals surface area contributed by atoms with Crippen LogP contribution in [-0.4, -0.2) is 5.90 Å². The van der Waals surface area contributed by atoms with Crippen LogP contribution in [0.2, 0.25) is 5.02 Å². The highest BCUT2D eigenvalue weighted by molar-refractivity contribution is 6.30. The molecule has 1 unspecified atom stereocenters. The van der Waals surface area contributed by atoms with Crippen molar-refractivity contribution in [3.05, 3.63) is 64.7 Å². The van der Waals surface area contributed by atoms with Crippen molar-refractivity contribution in [2.24, 2.45) is 4.99 Å². The molecule has 0 saturated carbocycles. The molecule has 96 valence electrons. The standard InChI is InChI=1S/C16H14ClNO/c1-2-15-13-10-12(17)8-9-14(13)18-16(19-15)11-6-4-3-5-7-11/h3-10,15H,2H2,1H3. The van der Waals surface area contributed by atoms with Gasteiger partial charge in [0.1, 0.15) is 6.10 Å². The van der Waals surface area contributed by atoms with E-state index in [1.165, 1.54) is 0 Å². The van der Waals surface area contributed by atoms with Crippen molar-refractivity contribution in [1.82, 2.24) is 0 Å². The average Bonchev–Trinajstić information content (AvgIpc) is 2.47. The smallest absolute Gasteiger partial charge is 0.221 e. The average molecular weight is 272 g/mol. The van der Waals surface area contributed by atoms with E-state index in [-0.39, 0.29) is 6.10 Å². The van der Waals surface area contributed by atoms with E-state index in [0.717, 1.165) is 28.3 Å². The summed E-state index contributed by atoms with van der Waals surface area (Å²) in [6.45, 7) is 2.10. The first-order valence-electron chi connectivity index (χ1n) is 6.38. The maximum atomic E-state index is 6.05. The van der Waals surface area contributed by atoms with Crippen LogP contribution in [0.5, 0.6) is 0 Å². The molecule has 0 aliphatic carbocycles. The van der Waals surface area contributed by atoms with E-state index >= 15 is 0 Å². The number of hydrogen-bond acceptors (Lipinski definition) is 2. The second-order valence-corrected chi connectivity index (χ2v) is 4.94. The van der Waals surface area contributed by atoms with Gasteiger partial charge in [0, 0.05) is 16.1 Å². The first kappa shape index (κ1) is 12.2. The monoisotopic (exact) mass is 271 g/mol. The van der Waals surface area contributed by atoms with Gasteiger partial charge >= 0.3 is 0 Å². The second kappa shape index (κ2) is 5.06. The van der Waals surface area contributed by atoms with Crippen LogP contribution >= 0.6 is 11.6 Å². The molecule has 1 aliphatic rings. The highest BCUT2D eigenvalue weighted by Gasteiger charge is 2.23. The summed E-state index contributed by atoms with van der Waals surface area (Å²) in [7, 11) is 0. The van der Waals surface area contributed by atoms with Gasteiger partial charge in [-0.15, -0.1) is 0 Å². The molecule has 2 aromatic carbocycles. The molecular weight excluding hydrogens is 258 g/mol. The van der Waals surface area contributed by atoms with Crippen LogP contribution in [0.15, 0.2) is 53.5 Å². The van der Waals surface area contributed by atoms with Crippen LogP contribution in [0.4, 0.5) is 5.69 Å². The highest BCUT2D eigenvalue weighted by atomic mass is 35.5. The molecule has 1 heterocycles. The van der Waals surface area contributed by atoms with E-state index < -0.39 is 0 Å². The zero-order valence-electron chi connectivity index (χ0n) is 10.6. The Hall–Kier alpha value is -1.80. The Morgan fingerprint density at radius 3 is 2.68 bits per heavy atom. The predicted octanol–water partition coefficient (Wildman–Crippen LogP) is 4.90. The second-order valence-electron chi connectivity index (χ2n) is 4.50. The molecule has 1 aliphatic heterocycles. The Morgan fingerprint density at radius 1 is 1.16 bits per heavy atom. The zero-order chi connectivity index (χ0) is 13.2. The lowest BCUT2D eigenvalue weighted by Crippen LogP contribution is -2.16. The lowest BCUT2D eigenvalue weighted by Gasteiger charge is -2.25. The van der Waals surface area contributed by atoms with Crippen LogP contribution in [0.1, 0.15) is 30.6 Å². The molecule has 0 amide bonds. The fraction of sp³-hybridized carbons (Fsp3) is 0.188. The van der Waals surface area contributed by atoms with Crippen molar-refractivity contribution in [2.75, 3.05) is 0 Å². The minimum Gasteiger partial charge on any atom is -0.469 e. The number of ether oxygens (including phenoxy) is 1. The van der Waals surface area contributed by atoms with Crippen LogP contribution in [-0.2, 0) is 4.74 Å². The number of rotatable bonds is 2. The van der Waals surface area contributed by atoms with Gasteiger partial charge in [0.05, 0.1) is 5.69 Å². The molecule has 0 spiro atoms. The highest BCUT2D eigenvalue weighted by Crippen LogP contribution is 2.37. The van der Waals surface area contributed by atoms with Gasteiger partial charge in [-0.2, -0.15) is 0 Å². The Bertz CT molecular complexity index is 622. The van der Waals surface area contributed by atoms with Gasteiger partial charge in [0.15, 0.2) is 0 Å². The molecule has 0 radical (unpaired) electrons. The van der Waals surface area contributed by atoms with E-state index in [2.05, 4.69) is 11.9 Å². The van der Waals surface area contributed by atoms with Crippen LogP contribution in [0.25, 0.3) is 0 Å². The summed E-state index contributed by atoms with van der Waals surface area (Å²) >= 11 is 6.05. The molecule has 0 fully saturated rings. The van der Waals surface area contributed by atoms with Gasteiger partial charge in [0.25, 0.3) is 0 Å². The number of fused-ring (bicyclic) bond motifs is 1. The molecule has 3 rings (SSSR count). The number of hydrogen-bond donors (Lipinski definition) is 0. The van der Waals surface area contributed by atoms with E-state index in [4.69, 9.17) is 16.3 Å². The van der Waals surface area contributed by atoms with Gasteiger partial charge in [0.2, 0.25) is 5.90 Å². The molecule has 0 N–H and O–H groups in total. The fourth-order valence-electron chi connectivity index (χ4n) is 2.24. The summed E-state index contributed by atoms with van der Waals surface area (Å²) in [5, 5.41) is 0.721. The number of aliphatic imine (C=N–C) groups is 1. The third kappa shape index (κ3) is 2.36. The Morgan fingerprint density at radius 2 is 1.95 bits per heavy atom. The lowest BCUT2D eigenvalue weighted by molar-refractivity contribution is 0.184. The van der Waals surface area contributed by atoms with E-state index in [1.54, 1.807) is 0 Å². The number of nitrogens with zero attached hydrogens (tertiary/aromatic N) is 1. The molecule has 2 aromatic rings. The summed E-state index contributed by atoms with van der Waals surface area (Å²) < 4.78 is 5.99. The molecule has 2 nitrogen and oxygen atoms in total. The third-order valence-corrected chi connectivity index (χ3v) is 3.44. The van der Waals surface area contributed by atoms with E-state index in [9.17, 15) is 0 Å². The Labute approximate surface area is 117 Å². The minimum atomic E-state index is 0.0152. The third-order valence-electron chi connectivity index (χ3n) is 3.20. The molecule has 3 heteroatoms. The number of halogens is 1. The van der Waals surface area contributed by atoms with Crippen molar-refractivity contribution in [3.63, 3.8) is 0 Å². The first-order chi connectivity index (χ1) is 9.28. The van der Waals surface area contributed by atoms with Crippen molar-refractivity contribution in [1.29, 1.82) is 0 Å². The van der Waals surface area contributed by atoms with Gasteiger partial charge in [-0.1, -0.05) is 36.7 Å². The van der Waals surface area contributed by atoms with Crippen molar-refractivity contribution in [2.45, 2.75) is 19.4 Å². The van der Waals surface area contributed by atoms with Crippen molar-refractivity contribution >= 4 is 23.2 Å². The molecule has 1 atom stereocenters. The maximum Gasteiger partial charge on any atom is 0.221 e. The first-order valence-corrected chi connectivity index (χ1v) is 6.76. The maximum absolute atomic E-state index is 6.05. The van der Waals surface area contributed by atoms with E-state index in [1.807, 2.05) is 48.5 Å². The predicted molar refractivity (Wildman–Crippen MR) is 78.2 cm³/mol. The zero-order valence-corrected chi connectivity index (χ0v) is 11.4. The van der Waals surface area contributed by atoms with Crippen molar-refractivity contribution < 1.29 is 4.74 Å².